The van der Waals surface area contributed by atoms with Crippen LogP contribution in [-0.4, -0.2) is 52.3 Å². The minimum absolute atomic E-state index is 0.0140. The first-order valence-electron chi connectivity index (χ1n) is 7.89. The minimum Gasteiger partial charge on any atom is -0.390 e. The first-order chi connectivity index (χ1) is 9.54. The van der Waals surface area contributed by atoms with Crippen molar-refractivity contribution in [1.29, 1.82) is 0 Å². The number of urea groups is 1. The van der Waals surface area contributed by atoms with Crippen molar-refractivity contribution in [1.82, 2.24) is 10.2 Å². The molecule has 2 atom stereocenters. The molecule has 2 N–H and O–H groups in total. The summed E-state index contributed by atoms with van der Waals surface area (Å²) < 4.78 is 0. The van der Waals surface area contributed by atoms with Gasteiger partial charge >= 0.3 is 6.03 Å². The van der Waals surface area contributed by atoms with Gasteiger partial charge in [0.25, 0.3) is 0 Å². The zero-order chi connectivity index (χ0) is 14.6. The third kappa shape index (κ3) is 4.04. The Balaban J connectivity index is 1.67. The van der Waals surface area contributed by atoms with E-state index in [1.807, 2.05) is 23.7 Å². The number of nitrogens with zero attached hydrogens (tertiary/aromatic N) is 1. The molecule has 0 spiro atoms. The summed E-state index contributed by atoms with van der Waals surface area (Å²) in [6.07, 6.45) is 7.03. The van der Waals surface area contributed by atoms with E-state index in [1.165, 1.54) is 6.42 Å². The Morgan fingerprint density at radius 2 is 2.20 bits per heavy atom. The van der Waals surface area contributed by atoms with Crippen LogP contribution in [0, 0.1) is 0 Å². The smallest absolute Gasteiger partial charge is 0.317 e. The fourth-order valence-electron chi connectivity index (χ4n) is 3.18. The number of carbonyl (C=O) groups is 1. The fraction of sp³-hybridized carbons (Fsp3) is 0.933. The third-order valence-corrected chi connectivity index (χ3v) is 6.01. The van der Waals surface area contributed by atoms with Crippen LogP contribution < -0.4 is 5.32 Å². The number of aliphatic hydroxyl groups is 1. The first-order valence-corrected chi connectivity index (χ1v) is 8.93. The number of rotatable bonds is 6. The van der Waals surface area contributed by atoms with Gasteiger partial charge in [0, 0.05) is 24.9 Å². The van der Waals surface area contributed by atoms with E-state index in [2.05, 4.69) is 12.2 Å². The first kappa shape index (κ1) is 16.0. The SMILES string of the molecule is CCSC1CCC(N(C)C(=O)NCCC2(O)CCC2)C1. The van der Waals surface area contributed by atoms with E-state index >= 15 is 0 Å². The van der Waals surface area contributed by atoms with Crippen LogP contribution in [0.15, 0.2) is 0 Å². The molecule has 20 heavy (non-hydrogen) atoms. The molecule has 116 valence electrons. The molecule has 2 aliphatic rings. The summed E-state index contributed by atoms with van der Waals surface area (Å²) >= 11 is 2.01. The molecule has 0 aromatic carbocycles. The number of hydrogen-bond donors (Lipinski definition) is 2. The zero-order valence-corrected chi connectivity index (χ0v) is 13.5. The Morgan fingerprint density at radius 1 is 1.45 bits per heavy atom. The van der Waals surface area contributed by atoms with Crippen LogP contribution in [0.3, 0.4) is 0 Å². The largest absolute Gasteiger partial charge is 0.390 e. The number of thioether (sulfide) groups is 1. The molecule has 2 rings (SSSR count). The van der Waals surface area contributed by atoms with Gasteiger partial charge in [-0.05, 0) is 50.7 Å². The van der Waals surface area contributed by atoms with Crippen LogP contribution in [0.4, 0.5) is 4.79 Å². The van der Waals surface area contributed by atoms with Crippen molar-refractivity contribution in [2.45, 2.75) is 68.8 Å². The summed E-state index contributed by atoms with van der Waals surface area (Å²) in [5, 5.41) is 13.7. The summed E-state index contributed by atoms with van der Waals surface area (Å²) in [4.78, 5) is 14.0. The van der Waals surface area contributed by atoms with Gasteiger partial charge in [-0.15, -0.1) is 0 Å². The van der Waals surface area contributed by atoms with E-state index < -0.39 is 5.60 Å². The van der Waals surface area contributed by atoms with Gasteiger partial charge in [-0.25, -0.2) is 4.79 Å². The lowest BCUT2D eigenvalue weighted by molar-refractivity contribution is -0.0390. The summed E-state index contributed by atoms with van der Waals surface area (Å²) in [7, 11) is 1.90. The van der Waals surface area contributed by atoms with Gasteiger partial charge in [0.05, 0.1) is 5.60 Å². The van der Waals surface area contributed by atoms with Gasteiger partial charge in [0.15, 0.2) is 0 Å². The van der Waals surface area contributed by atoms with Crippen LogP contribution in [0.2, 0.25) is 0 Å². The second-order valence-corrected chi connectivity index (χ2v) is 7.79. The lowest BCUT2D eigenvalue weighted by Gasteiger charge is -2.36. The molecule has 0 radical (unpaired) electrons. The number of nitrogens with one attached hydrogen (secondary N) is 1. The Hall–Kier alpha value is -0.420. The average Bonchev–Trinajstić information content (AvgIpc) is 2.84. The van der Waals surface area contributed by atoms with Crippen LogP contribution in [0.5, 0.6) is 0 Å². The summed E-state index contributed by atoms with van der Waals surface area (Å²) in [5.74, 6) is 1.16. The Kier molecular flexibility index (Phi) is 5.61. The maximum Gasteiger partial charge on any atom is 0.317 e. The Bertz CT molecular complexity index is 334. The lowest BCUT2D eigenvalue weighted by atomic mass is 9.78. The molecule has 2 unspecified atom stereocenters. The van der Waals surface area contributed by atoms with Crippen LogP contribution in [-0.2, 0) is 0 Å². The maximum absolute atomic E-state index is 12.1. The van der Waals surface area contributed by atoms with Gasteiger partial charge in [0.2, 0.25) is 0 Å². The zero-order valence-electron chi connectivity index (χ0n) is 12.7. The normalized spacial score (nSPS) is 27.9. The third-order valence-electron chi connectivity index (χ3n) is 4.78. The highest BCUT2D eigenvalue weighted by atomic mass is 32.2. The number of hydrogen-bond acceptors (Lipinski definition) is 3. The quantitative estimate of drug-likeness (QED) is 0.793. The van der Waals surface area contributed by atoms with Gasteiger partial charge in [0.1, 0.15) is 0 Å². The molecular weight excluding hydrogens is 272 g/mol. The van der Waals surface area contributed by atoms with E-state index in [9.17, 15) is 9.90 Å². The summed E-state index contributed by atoms with van der Waals surface area (Å²) in [5.41, 5.74) is -0.498. The molecule has 0 aliphatic heterocycles. The lowest BCUT2D eigenvalue weighted by Crippen LogP contribution is -2.45. The van der Waals surface area contributed by atoms with Crippen molar-refractivity contribution < 1.29 is 9.90 Å². The number of carbonyl (C=O) groups excluding carboxylic acids is 1. The van der Waals surface area contributed by atoms with Crippen molar-refractivity contribution in [3.63, 3.8) is 0 Å². The predicted octanol–water partition coefficient (Wildman–Crippen LogP) is 2.61. The molecule has 2 saturated carbocycles. The minimum atomic E-state index is -0.498. The highest BCUT2D eigenvalue weighted by Gasteiger charge is 2.34. The molecule has 2 aliphatic carbocycles. The summed E-state index contributed by atoms with van der Waals surface area (Å²) in [6.45, 7) is 2.78. The van der Waals surface area contributed by atoms with Crippen molar-refractivity contribution in [2.24, 2.45) is 0 Å². The van der Waals surface area contributed by atoms with Crippen LogP contribution >= 0.6 is 11.8 Å². The summed E-state index contributed by atoms with van der Waals surface area (Å²) in [6, 6.07) is 0.394. The highest BCUT2D eigenvalue weighted by molar-refractivity contribution is 7.99. The van der Waals surface area contributed by atoms with E-state index in [-0.39, 0.29) is 6.03 Å². The van der Waals surface area contributed by atoms with E-state index in [4.69, 9.17) is 0 Å². The second kappa shape index (κ2) is 7.03. The second-order valence-electron chi connectivity index (χ2n) is 6.21. The molecule has 5 heteroatoms. The molecule has 4 nitrogen and oxygen atoms in total. The maximum atomic E-state index is 12.1. The molecule has 2 fully saturated rings. The highest BCUT2D eigenvalue weighted by Crippen LogP contribution is 2.34. The predicted molar refractivity (Wildman–Crippen MR) is 84.1 cm³/mol. The Labute approximate surface area is 126 Å². The van der Waals surface area contributed by atoms with E-state index in [0.29, 0.717) is 19.0 Å². The fourth-order valence-corrected chi connectivity index (χ4v) is 4.32. The molecule has 0 aromatic rings. The molecule has 0 saturated heterocycles. The van der Waals surface area contributed by atoms with Crippen molar-refractivity contribution in [3.8, 4) is 0 Å². The molecule has 0 aromatic heterocycles. The monoisotopic (exact) mass is 300 g/mol. The molecule has 0 heterocycles. The standard InChI is InChI=1S/C15H28N2O2S/c1-3-20-13-6-5-12(11-13)17(2)14(18)16-10-9-15(19)7-4-8-15/h12-13,19H,3-11H2,1-2H3,(H,16,18). The van der Waals surface area contributed by atoms with Crippen LogP contribution in [0.1, 0.15) is 51.9 Å². The average molecular weight is 300 g/mol. The molecule has 0 bridgehead atoms. The van der Waals surface area contributed by atoms with E-state index in [1.54, 1.807) is 0 Å². The van der Waals surface area contributed by atoms with Gasteiger partial charge in [-0.2, -0.15) is 11.8 Å². The topological polar surface area (TPSA) is 52.6 Å². The van der Waals surface area contributed by atoms with Crippen molar-refractivity contribution >= 4 is 17.8 Å². The van der Waals surface area contributed by atoms with E-state index in [0.717, 1.165) is 43.1 Å². The van der Waals surface area contributed by atoms with Crippen molar-refractivity contribution in [3.05, 3.63) is 0 Å². The Morgan fingerprint density at radius 3 is 2.80 bits per heavy atom. The van der Waals surface area contributed by atoms with Gasteiger partial charge in [-0.3, -0.25) is 0 Å². The number of amides is 2. The molecule has 2 amide bonds. The van der Waals surface area contributed by atoms with Gasteiger partial charge < -0.3 is 15.3 Å². The van der Waals surface area contributed by atoms with Crippen molar-refractivity contribution in [2.75, 3.05) is 19.3 Å². The molecular formula is C15H28N2O2S. The van der Waals surface area contributed by atoms with Crippen LogP contribution in [0.25, 0.3) is 0 Å². The van der Waals surface area contributed by atoms with Gasteiger partial charge in [-0.1, -0.05) is 6.92 Å².